The molecule has 5 aromatic rings. The highest BCUT2D eigenvalue weighted by Crippen LogP contribution is 2.33. The normalized spacial score (nSPS) is 11.4. The van der Waals surface area contributed by atoms with Crippen molar-refractivity contribution in [3.63, 3.8) is 0 Å². The van der Waals surface area contributed by atoms with Crippen molar-refractivity contribution >= 4 is 22.6 Å². The van der Waals surface area contributed by atoms with E-state index in [-0.39, 0.29) is 11.6 Å². The van der Waals surface area contributed by atoms with Crippen molar-refractivity contribution < 1.29 is 8.81 Å². The summed E-state index contributed by atoms with van der Waals surface area (Å²) in [4.78, 5) is 8.58. The van der Waals surface area contributed by atoms with E-state index in [4.69, 9.17) is 10.2 Å². The second kappa shape index (κ2) is 5.31. The number of tetrazole rings is 1. The Morgan fingerprint density at radius 1 is 1.04 bits per heavy atom. The van der Waals surface area contributed by atoms with E-state index >= 15 is 0 Å². The number of aromatic nitrogens is 6. The number of oxazole rings is 1. The Labute approximate surface area is 145 Å². The summed E-state index contributed by atoms with van der Waals surface area (Å²) in [6, 6.07) is 11.5. The van der Waals surface area contributed by atoms with Crippen molar-refractivity contribution in [2.75, 3.05) is 5.73 Å². The van der Waals surface area contributed by atoms with Crippen molar-refractivity contribution in [2.24, 2.45) is 0 Å². The van der Waals surface area contributed by atoms with E-state index in [9.17, 15) is 4.39 Å². The minimum atomic E-state index is -0.338. The van der Waals surface area contributed by atoms with Gasteiger partial charge in [-0.2, -0.15) is 4.52 Å². The quantitative estimate of drug-likeness (QED) is 0.523. The molecule has 3 aromatic heterocycles. The van der Waals surface area contributed by atoms with Crippen LogP contribution in [0.5, 0.6) is 0 Å². The van der Waals surface area contributed by atoms with Crippen molar-refractivity contribution in [2.45, 2.75) is 0 Å². The van der Waals surface area contributed by atoms with Gasteiger partial charge in [-0.1, -0.05) is 6.07 Å². The lowest BCUT2D eigenvalue weighted by atomic mass is 10.0. The van der Waals surface area contributed by atoms with Crippen LogP contribution < -0.4 is 5.73 Å². The van der Waals surface area contributed by atoms with E-state index in [1.165, 1.54) is 23.0 Å². The molecule has 0 bridgehead atoms. The van der Waals surface area contributed by atoms with Crippen molar-refractivity contribution in [1.29, 1.82) is 0 Å². The third kappa shape index (κ3) is 2.10. The molecule has 0 atom stereocenters. The van der Waals surface area contributed by atoms with Crippen LogP contribution in [0.3, 0.4) is 0 Å². The highest BCUT2D eigenvalue weighted by Gasteiger charge is 2.19. The second-order valence-corrected chi connectivity index (χ2v) is 5.65. The number of nitrogens with zero attached hydrogens (tertiary/aromatic N) is 6. The fraction of sp³-hybridized carbons (Fsp3) is 0. The van der Waals surface area contributed by atoms with Crippen LogP contribution >= 0.6 is 0 Å². The molecule has 0 saturated carbocycles. The molecule has 0 unspecified atom stereocenters. The smallest absolute Gasteiger partial charge is 0.222 e. The Morgan fingerprint density at radius 3 is 2.69 bits per heavy atom. The third-order valence-electron chi connectivity index (χ3n) is 4.09. The largest absolute Gasteiger partial charge is 0.443 e. The van der Waals surface area contributed by atoms with Crippen LogP contribution in [-0.2, 0) is 0 Å². The minimum Gasteiger partial charge on any atom is -0.443 e. The fourth-order valence-electron chi connectivity index (χ4n) is 2.89. The second-order valence-electron chi connectivity index (χ2n) is 5.65. The van der Waals surface area contributed by atoms with Gasteiger partial charge in [-0.05, 0) is 46.8 Å². The van der Waals surface area contributed by atoms with Gasteiger partial charge in [0.2, 0.25) is 5.65 Å². The molecule has 0 aliphatic rings. The molecule has 0 radical (unpaired) electrons. The lowest BCUT2D eigenvalue weighted by molar-refractivity contribution is 0.602. The topological polar surface area (TPSA) is 108 Å². The lowest BCUT2D eigenvalue weighted by Crippen LogP contribution is -2.05. The first-order chi connectivity index (χ1) is 12.7. The van der Waals surface area contributed by atoms with Crippen LogP contribution in [0.2, 0.25) is 0 Å². The minimum absolute atomic E-state index is 0.179. The molecule has 0 fully saturated rings. The summed E-state index contributed by atoms with van der Waals surface area (Å²) in [5, 5.41) is 11.7. The van der Waals surface area contributed by atoms with Gasteiger partial charge >= 0.3 is 0 Å². The number of rotatable bonds is 2. The third-order valence-corrected chi connectivity index (χ3v) is 4.09. The molecular weight excluding hydrogens is 337 g/mol. The van der Waals surface area contributed by atoms with Gasteiger partial charge in [0.05, 0.1) is 5.69 Å². The van der Waals surface area contributed by atoms with Crippen molar-refractivity contribution in [3.8, 4) is 22.5 Å². The van der Waals surface area contributed by atoms with Crippen molar-refractivity contribution in [1.82, 2.24) is 30.0 Å². The summed E-state index contributed by atoms with van der Waals surface area (Å²) in [6.07, 6.45) is 1.38. The Kier molecular flexibility index (Phi) is 2.95. The van der Waals surface area contributed by atoms with Crippen LogP contribution in [0.4, 0.5) is 10.2 Å². The Balaban J connectivity index is 1.86. The Morgan fingerprint density at radius 2 is 1.85 bits per heavy atom. The first-order valence-corrected chi connectivity index (χ1v) is 7.68. The molecule has 0 saturated heterocycles. The number of benzene rings is 2. The number of nitrogens with two attached hydrogens (primary N) is 1. The first-order valence-electron chi connectivity index (χ1n) is 7.68. The van der Waals surface area contributed by atoms with Crippen LogP contribution in [0.25, 0.3) is 39.3 Å². The zero-order valence-corrected chi connectivity index (χ0v) is 13.2. The molecule has 126 valence electrons. The van der Waals surface area contributed by atoms with E-state index in [1.807, 2.05) is 18.2 Å². The standard InChI is InChI=1S/C17H10FN7O/c18-11-4-1-9(2-5-11)14-15(25-17(16(19)21-14)22-23-24-25)10-3-6-12-13(7-10)26-8-20-12/h1-8H,(H2,19,21). The molecule has 2 N–H and O–H groups in total. The number of fused-ring (bicyclic) bond motifs is 2. The SMILES string of the molecule is Nc1nc(-c2ccc(F)cc2)c(-c2ccc3ncoc3c2)n2nnnc12. The highest BCUT2D eigenvalue weighted by molar-refractivity contribution is 5.86. The lowest BCUT2D eigenvalue weighted by Gasteiger charge is -2.11. The molecule has 0 spiro atoms. The van der Waals surface area contributed by atoms with Gasteiger partial charge in [-0.25, -0.2) is 14.4 Å². The van der Waals surface area contributed by atoms with Gasteiger partial charge in [-0.15, -0.1) is 5.10 Å². The predicted molar refractivity (Wildman–Crippen MR) is 91.4 cm³/mol. The summed E-state index contributed by atoms with van der Waals surface area (Å²) < 4.78 is 20.2. The number of nitrogen functional groups attached to an aromatic ring is 1. The highest BCUT2D eigenvalue weighted by atomic mass is 19.1. The molecule has 8 nitrogen and oxygen atoms in total. The van der Waals surface area contributed by atoms with Gasteiger partial charge in [0.1, 0.15) is 17.0 Å². The zero-order chi connectivity index (χ0) is 17.7. The van der Waals surface area contributed by atoms with Gasteiger partial charge in [-0.3, -0.25) is 0 Å². The van der Waals surface area contributed by atoms with E-state index in [2.05, 4.69) is 25.5 Å². The average Bonchev–Trinajstić information content (AvgIpc) is 3.31. The molecule has 3 heterocycles. The fourth-order valence-corrected chi connectivity index (χ4v) is 2.89. The molecule has 0 aliphatic carbocycles. The molecule has 0 amide bonds. The molecule has 2 aromatic carbocycles. The maximum Gasteiger partial charge on any atom is 0.222 e. The molecule has 26 heavy (non-hydrogen) atoms. The maximum atomic E-state index is 13.3. The summed E-state index contributed by atoms with van der Waals surface area (Å²) in [5.41, 5.74) is 10.3. The van der Waals surface area contributed by atoms with E-state index in [1.54, 1.807) is 12.1 Å². The zero-order valence-electron chi connectivity index (χ0n) is 13.2. The van der Waals surface area contributed by atoms with E-state index in [0.29, 0.717) is 28.2 Å². The van der Waals surface area contributed by atoms with Crippen molar-refractivity contribution in [3.05, 3.63) is 54.7 Å². The van der Waals surface area contributed by atoms with Crippen LogP contribution in [0.15, 0.2) is 53.3 Å². The molecular formula is C17H10FN7O. The Hall–Kier alpha value is -3.88. The van der Waals surface area contributed by atoms with Gasteiger partial charge in [0.15, 0.2) is 17.8 Å². The van der Waals surface area contributed by atoms with Gasteiger partial charge in [0, 0.05) is 11.1 Å². The summed E-state index contributed by atoms with van der Waals surface area (Å²) in [5.74, 6) is -0.159. The maximum absolute atomic E-state index is 13.3. The number of anilines is 1. The summed E-state index contributed by atoms with van der Waals surface area (Å²) >= 11 is 0. The average molecular weight is 347 g/mol. The van der Waals surface area contributed by atoms with Crippen LogP contribution in [0, 0.1) is 5.82 Å². The summed E-state index contributed by atoms with van der Waals surface area (Å²) in [7, 11) is 0. The molecule has 0 aliphatic heterocycles. The number of hydrogen-bond acceptors (Lipinski definition) is 7. The summed E-state index contributed by atoms with van der Waals surface area (Å²) in [6.45, 7) is 0. The monoisotopic (exact) mass is 347 g/mol. The number of halogens is 1. The predicted octanol–water partition coefficient (Wildman–Crippen LogP) is 2.72. The van der Waals surface area contributed by atoms with Gasteiger partial charge < -0.3 is 10.2 Å². The van der Waals surface area contributed by atoms with Crippen LogP contribution in [0.1, 0.15) is 0 Å². The van der Waals surface area contributed by atoms with E-state index < -0.39 is 0 Å². The van der Waals surface area contributed by atoms with Crippen LogP contribution in [-0.4, -0.2) is 30.0 Å². The first kappa shape index (κ1) is 14.5. The number of hydrogen-bond donors (Lipinski definition) is 1. The molecule has 9 heteroatoms. The Bertz CT molecular complexity index is 1260. The van der Waals surface area contributed by atoms with E-state index in [0.717, 1.165) is 11.1 Å². The van der Waals surface area contributed by atoms with Gasteiger partial charge in [0.25, 0.3) is 0 Å². The molecule has 5 rings (SSSR count).